The Bertz CT molecular complexity index is 1440. The number of halogens is 1. The minimum Gasteiger partial charge on any atom is -0.472 e. The van der Waals surface area contributed by atoms with E-state index in [1.807, 2.05) is 20.8 Å². The lowest BCUT2D eigenvalue weighted by Crippen LogP contribution is -2.46. The molecule has 1 saturated carbocycles. The van der Waals surface area contributed by atoms with Gasteiger partial charge in [0.15, 0.2) is 11.5 Å². The van der Waals surface area contributed by atoms with E-state index < -0.39 is 23.1 Å². The molecule has 2 fully saturated rings. The number of rotatable bonds is 5. The van der Waals surface area contributed by atoms with Gasteiger partial charge in [-0.2, -0.15) is 14.6 Å². The monoisotopic (exact) mass is 567 g/mol. The fourth-order valence-electron chi connectivity index (χ4n) is 4.80. The summed E-state index contributed by atoms with van der Waals surface area (Å²) >= 11 is 0. The van der Waals surface area contributed by atoms with E-state index in [2.05, 4.69) is 5.10 Å². The number of anilines is 2. The Kier molecular flexibility index (Phi) is 7.56. The summed E-state index contributed by atoms with van der Waals surface area (Å²) < 4.78 is 33.6. The van der Waals surface area contributed by atoms with Crippen molar-refractivity contribution in [2.45, 2.75) is 90.4 Å². The molecular weight excluding hydrogens is 529 g/mol. The van der Waals surface area contributed by atoms with Crippen molar-refractivity contribution in [1.29, 1.82) is 0 Å². The summed E-state index contributed by atoms with van der Waals surface area (Å²) in [6.45, 7) is 11.7. The fourth-order valence-corrected chi connectivity index (χ4v) is 4.80. The SMILES string of the molecule is CC(C)(C)OC(=O)N1CCC[C@H](Oc2cc(N(C(=O)OC(C)(C)C)c3cccc(F)c3)n3ncc(C4CC4)c3n2)C1. The van der Waals surface area contributed by atoms with Gasteiger partial charge in [0.2, 0.25) is 5.88 Å². The molecule has 0 spiro atoms. The predicted octanol–water partition coefficient (Wildman–Crippen LogP) is 6.60. The Morgan fingerprint density at radius 2 is 1.76 bits per heavy atom. The van der Waals surface area contributed by atoms with Gasteiger partial charge in [-0.15, -0.1) is 0 Å². The van der Waals surface area contributed by atoms with Crippen LogP contribution in [0, 0.1) is 5.82 Å². The summed E-state index contributed by atoms with van der Waals surface area (Å²) in [5.74, 6) is 0.401. The highest BCUT2D eigenvalue weighted by Gasteiger charge is 2.33. The first-order chi connectivity index (χ1) is 19.3. The fraction of sp³-hybridized carbons (Fsp3) is 0.533. The number of aromatic nitrogens is 3. The minimum absolute atomic E-state index is 0.273. The Morgan fingerprint density at radius 3 is 2.41 bits per heavy atom. The lowest BCUT2D eigenvalue weighted by Gasteiger charge is -2.34. The molecule has 1 aliphatic heterocycles. The zero-order chi connectivity index (χ0) is 29.5. The van der Waals surface area contributed by atoms with Crippen molar-refractivity contribution < 1.29 is 28.2 Å². The lowest BCUT2D eigenvalue weighted by atomic mass is 10.1. The summed E-state index contributed by atoms with van der Waals surface area (Å²) in [5.41, 5.74) is 0.388. The number of carbonyl (C=O) groups excluding carboxylic acids is 2. The van der Waals surface area contributed by atoms with Gasteiger partial charge in [0, 0.05) is 18.2 Å². The average Bonchev–Trinajstić information content (AvgIpc) is 3.61. The maximum atomic E-state index is 14.4. The standard InChI is InChI=1S/C30H38FN5O5/c1-29(2,3)40-27(37)34-14-8-11-22(18-34)39-24-16-25(36-26(33-24)23(17-32-36)19-12-13-19)35(28(38)41-30(4,5)6)21-10-7-9-20(31)15-21/h7,9-10,15-17,19,22H,8,11-14,18H2,1-6H3/t22-/m0/s1. The van der Waals surface area contributed by atoms with Gasteiger partial charge < -0.3 is 19.1 Å². The van der Waals surface area contributed by atoms with Crippen LogP contribution in [0.4, 0.5) is 25.5 Å². The number of amides is 2. The Hall–Kier alpha value is -3.89. The number of hydrogen-bond acceptors (Lipinski definition) is 7. The van der Waals surface area contributed by atoms with Gasteiger partial charge in [-0.1, -0.05) is 6.07 Å². The van der Waals surface area contributed by atoms with Crippen LogP contribution in [0.1, 0.15) is 78.7 Å². The number of benzene rings is 1. The maximum Gasteiger partial charge on any atom is 0.420 e. The Labute approximate surface area is 239 Å². The van der Waals surface area contributed by atoms with E-state index >= 15 is 0 Å². The predicted molar refractivity (Wildman–Crippen MR) is 151 cm³/mol. The van der Waals surface area contributed by atoms with E-state index in [0.29, 0.717) is 30.5 Å². The molecule has 3 aromatic rings. The zero-order valence-electron chi connectivity index (χ0n) is 24.5. The Morgan fingerprint density at radius 1 is 1.02 bits per heavy atom. The van der Waals surface area contributed by atoms with Crippen LogP contribution in [0.25, 0.3) is 5.65 Å². The number of hydrogen-bond donors (Lipinski definition) is 0. The molecule has 3 heterocycles. The molecule has 0 radical (unpaired) electrons. The van der Waals surface area contributed by atoms with E-state index in [1.165, 1.54) is 23.1 Å². The molecular formula is C30H38FN5O5. The van der Waals surface area contributed by atoms with Crippen LogP contribution in [0.15, 0.2) is 36.5 Å². The van der Waals surface area contributed by atoms with Crippen molar-refractivity contribution >= 4 is 29.3 Å². The van der Waals surface area contributed by atoms with Crippen molar-refractivity contribution in [2.75, 3.05) is 18.0 Å². The molecule has 1 aromatic carbocycles. The highest BCUT2D eigenvalue weighted by molar-refractivity contribution is 5.95. The van der Waals surface area contributed by atoms with Crippen LogP contribution in [0.3, 0.4) is 0 Å². The summed E-state index contributed by atoms with van der Waals surface area (Å²) in [7, 11) is 0. The molecule has 0 N–H and O–H groups in total. The number of nitrogens with zero attached hydrogens (tertiary/aromatic N) is 5. The molecule has 10 nitrogen and oxygen atoms in total. The van der Waals surface area contributed by atoms with Crippen LogP contribution in [0.5, 0.6) is 5.88 Å². The highest BCUT2D eigenvalue weighted by Crippen LogP contribution is 2.43. The molecule has 2 aromatic heterocycles. The Balaban J connectivity index is 1.54. The molecule has 11 heteroatoms. The summed E-state index contributed by atoms with van der Waals surface area (Å²) in [6, 6.07) is 7.35. The minimum atomic E-state index is -0.801. The molecule has 1 saturated heterocycles. The van der Waals surface area contributed by atoms with Crippen LogP contribution in [-0.2, 0) is 9.47 Å². The van der Waals surface area contributed by atoms with Gasteiger partial charge in [0.25, 0.3) is 0 Å². The van der Waals surface area contributed by atoms with Gasteiger partial charge in [-0.3, -0.25) is 0 Å². The van der Waals surface area contributed by atoms with Gasteiger partial charge in [0.1, 0.15) is 23.1 Å². The third kappa shape index (κ3) is 6.89. The van der Waals surface area contributed by atoms with E-state index in [9.17, 15) is 14.0 Å². The summed E-state index contributed by atoms with van der Waals surface area (Å²) in [4.78, 5) is 34.1. The number of fused-ring (bicyclic) bond motifs is 1. The third-order valence-electron chi connectivity index (χ3n) is 6.66. The summed E-state index contributed by atoms with van der Waals surface area (Å²) in [6.07, 6.45) is 3.85. The quantitative estimate of drug-likeness (QED) is 0.343. The molecule has 220 valence electrons. The smallest absolute Gasteiger partial charge is 0.420 e. The van der Waals surface area contributed by atoms with Crippen molar-refractivity contribution in [2.24, 2.45) is 0 Å². The van der Waals surface area contributed by atoms with Crippen molar-refractivity contribution in [3.63, 3.8) is 0 Å². The molecule has 0 unspecified atom stereocenters. The first-order valence-electron chi connectivity index (χ1n) is 14.1. The van der Waals surface area contributed by atoms with E-state index in [0.717, 1.165) is 31.2 Å². The second-order valence-electron chi connectivity index (χ2n) is 12.7. The topological polar surface area (TPSA) is 98.5 Å². The number of likely N-dealkylation sites (tertiary alicyclic amines) is 1. The molecule has 5 rings (SSSR count). The second kappa shape index (κ2) is 10.8. The van der Waals surface area contributed by atoms with E-state index in [4.69, 9.17) is 19.2 Å². The van der Waals surface area contributed by atoms with E-state index in [1.54, 1.807) is 48.5 Å². The van der Waals surface area contributed by atoms with Crippen molar-refractivity contribution in [3.05, 3.63) is 47.9 Å². The molecule has 1 atom stereocenters. The highest BCUT2D eigenvalue weighted by atomic mass is 19.1. The molecule has 41 heavy (non-hydrogen) atoms. The van der Waals surface area contributed by atoms with Crippen molar-refractivity contribution in [3.8, 4) is 5.88 Å². The molecule has 2 aliphatic rings. The van der Waals surface area contributed by atoms with Gasteiger partial charge in [-0.05, 0) is 91.3 Å². The normalized spacial score (nSPS) is 17.8. The van der Waals surface area contributed by atoms with Crippen LogP contribution < -0.4 is 9.64 Å². The molecule has 2 amide bonds. The van der Waals surface area contributed by atoms with Gasteiger partial charge in [-0.25, -0.2) is 18.9 Å². The van der Waals surface area contributed by atoms with Gasteiger partial charge >= 0.3 is 12.2 Å². The maximum absolute atomic E-state index is 14.4. The molecule has 1 aliphatic carbocycles. The van der Waals surface area contributed by atoms with Crippen LogP contribution in [0.2, 0.25) is 0 Å². The van der Waals surface area contributed by atoms with E-state index in [-0.39, 0.29) is 23.8 Å². The van der Waals surface area contributed by atoms with Crippen LogP contribution in [-0.4, -0.2) is 62.1 Å². The van der Waals surface area contributed by atoms with Gasteiger partial charge in [0.05, 0.1) is 18.4 Å². The first kappa shape index (κ1) is 28.6. The average molecular weight is 568 g/mol. The number of carbonyl (C=O) groups is 2. The lowest BCUT2D eigenvalue weighted by molar-refractivity contribution is 0.00721. The van der Waals surface area contributed by atoms with Crippen molar-refractivity contribution in [1.82, 2.24) is 19.5 Å². The first-order valence-corrected chi connectivity index (χ1v) is 14.1. The number of ether oxygens (including phenoxy) is 3. The third-order valence-corrected chi connectivity index (χ3v) is 6.66. The number of piperidine rings is 1. The zero-order valence-corrected chi connectivity index (χ0v) is 24.5. The largest absolute Gasteiger partial charge is 0.472 e. The molecule has 0 bridgehead atoms. The summed E-state index contributed by atoms with van der Waals surface area (Å²) in [5, 5.41) is 4.57. The van der Waals surface area contributed by atoms with Crippen LogP contribution >= 0.6 is 0 Å². The second-order valence-corrected chi connectivity index (χ2v) is 12.7.